The molecular weight excluding hydrogens is 554 g/mol. The van der Waals surface area contributed by atoms with Gasteiger partial charge in [-0.05, 0) is 68.0 Å². The molecule has 9 nitrogen and oxygen atoms in total. The van der Waals surface area contributed by atoms with E-state index in [0.717, 1.165) is 34.9 Å². The minimum atomic E-state index is -3.70. The normalized spacial score (nSPS) is 12.3. The minimum Gasteiger partial charge on any atom is -0.444 e. The van der Waals surface area contributed by atoms with E-state index in [9.17, 15) is 23.1 Å². The van der Waals surface area contributed by atoms with Crippen LogP contribution in [0.1, 0.15) is 61.7 Å². The topological polar surface area (TPSA) is 125 Å². The van der Waals surface area contributed by atoms with Crippen LogP contribution in [0.3, 0.4) is 0 Å². The molecule has 10 heteroatoms. The van der Waals surface area contributed by atoms with Crippen LogP contribution < -0.4 is 10.0 Å². The van der Waals surface area contributed by atoms with Crippen molar-refractivity contribution < 1.29 is 27.9 Å². The number of rotatable bonds is 12. The summed E-state index contributed by atoms with van der Waals surface area (Å²) in [6, 6.07) is 22.3. The SMILES string of the molecule is CCCNc1cc(-c2ccc(CCN(C[C@H](O)c3ccccc3)C(=O)OC(C)(C)C)cc2)ccc1C(=O)NS(C)(=O)=O. The van der Waals surface area contributed by atoms with Gasteiger partial charge in [0, 0.05) is 18.8 Å². The van der Waals surface area contributed by atoms with Crippen molar-refractivity contribution in [3.63, 3.8) is 0 Å². The van der Waals surface area contributed by atoms with E-state index < -0.39 is 33.7 Å². The number of sulfonamides is 1. The Balaban J connectivity index is 1.76. The molecule has 0 aliphatic carbocycles. The van der Waals surface area contributed by atoms with Crippen LogP contribution >= 0.6 is 0 Å². The third kappa shape index (κ3) is 10.2. The van der Waals surface area contributed by atoms with Crippen LogP contribution in [-0.4, -0.2) is 61.9 Å². The van der Waals surface area contributed by atoms with Gasteiger partial charge in [0.25, 0.3) is 5.91 Å². The van der Waals surface area contributed by atoms with Crippen LogP contribution in [0, 0.1) is 0 Å². The molecule has 3 rings (SSSR count). The van der Waals surface area contributed by atoms with E-state index in [-0.39, 0.29) is 12.1 Å². The molecule has 0 spiro atoms. The molecule has 0 radical (unpaired) electrons. The number of benzene rings is 3. The predicted octanol–water partition coefficient (Wildman–Crippen LogP) is 5.38. The minimum absolute atomic E-state index is 0.101. The predicted molar refractivity (Wildman–Crippen MR) is 166 cm³/mol. The number of hydrogen-bond acceptors (Lipinski definition) is 7. The van der Waals surface area contributed by atoms with Crippen molar-refractivity contribution in [1.29, 1.82) is 0 Å². The zero-order valence-corrected chi connectivity index (χ0v) is 25.7. The molecule has 0 aromatic heterocycles. The lowest BCUT2D eigenvalue weighted by Crippen LogP contribution is -2.40. The van der Waals surface area contributed by atoms with Gasteiger partial charge in [-0.2, -0.15) is 0 Å². The molecule has 1 atom stereocenters. The van der Waals surface area contributed by atoms with E-state index in [2.05, 4.69) is 5.32 Å². The number of aliphatic hydroxyl groups excluding tert-OH is 1. The van der Waals surface area contributed by atoms with Crippen molar-refractivity contribution in [3.8, 4) is 11.1 Å². The monoisotopic (exact) mass is 595 g/mol. The van der Waals surface area contributed by atoms with E-state index in [1.165, 1.54) is 4.90 Å². The average Bonchev–Trinajstić information content (AvgIpc) is 2.92. The first-order chi connectivity index (χ1) is 19.8. The Labute approximate surface area is 249 Å². The summed E-state index contributed by atoms with van der Waals surface area (Å²) in [5.41, 5.74) is 3.62. The second kappa shape index (κ2) is 14.3. The summed E-state index contributed by atoms with van der Waals surface area (Å²) in [5, 5.41) is 14.0. The first kappa shape index (κ1) is 32.6. The van der Waals surface area contributed by atoms with Gasteiger partial charge in [0.2, 0.25) is 10.0 Å². The van der Waals surface area contributed by atoms with Gasteiger partial charge in [0.1, 0.15) is 5.60 Å². The third-order valence-electron chi connectivity index (χ3n) is 6.29. The first-order valence-electron chi connectivity index (χ1n) is 14.0. The fraction of sp³-hybridized carbons (Fsp3) is 0.375. The summed E-state index contributed by atoms with van der Waals surface area (Å²) in [4.78, 5) is 27.1. The Morgan fingerprint density at radius 1 is 0.976 bits per heavy atom. The van der Waals surface area contributed by atoms with Crippen molar-refractivity contribution in [2.24, 2.45) is 0 Å². The zero-order chi connectivity index (χ0) is 30.9. The maximum absolute atomic E-state index is 13.0. The van der Waals surface area contributed by atoms with Gasteiger partial charge in [-0.1, -0.05) is 67.6 Å². The highest BCUT2D eigenvalue weighted by Crippen LogP contribution is 2.27. The molecule has 3 aromatic carbocycles. The van der Waals surface area contributed by atoms with Crippen molar-refractivity contribution in [3.05, 3.63) is 89.5 Å². The molecule has 0 saturated carbocycles. The molecule has 3 aromatic rings. The number of carbonyl (C=O) groups excluding carboxylic acids is 2. The van der Waals surface area contributed by atoms with Crippen LogP contribution in [0.5, 0.6) is 0 Å². The Kier molecular flexibility index (Phi) is 11.1. The van der Waals surface area contributed by atoms with Crippen molar-refractivity contribution in [1.82, 2.24) is 9.62 Å². The lowest BCUT2D eigenvalue weighted by molar-refractivity contribution is 0.0147. The number of carbonyl (C=O) groups is 2. The summed E-state index contributed by atoms with van der Waals surface area (Å²) < 4.78 is 30.8. The second-order valence-electron chi connectivity index (χ2n) is 11.2. The molecule has 226 valence electrons. The molecule has 0 unspecified atom stereocenters. The maximum atomic E-state index is 13.0. The van der Waals surface area contributed by atoms with E-state index in [0.29, 0.717) is 25.2 Å². The van der Waals surface area contributed by atoms with Crippen LogP contribution in [0.25, 0.3) is 11.1 Å². The highest BCUT2D eigenvalue weighted by atomic mass is 32.2. The van der Waals surface area contributed by atoms with Gasteiger partial charge in [0.15, 0.2) is 0 Å². The van der Waals surface area contributed by atoms with Crippen molar-refractivity contribution >= 4 is 27.7 Å². The third-order valence-corrected chi connectivity index (χ3v) is 6.85. The number of hydrogen-bond donors (Lipinski definition) is 3. The first-order valence-corrected chi connectivity index (χ1v) is 15.8. The molecule has 0 bridgehead atoms. The average molecular weight is 596 g/mol. The summed E-state index contributed by atoms with van der Waals surface area (Å²) >= 11 is 0. The van der Waals surface area contributed by atoms with Crippen LogP contribution in [0.15, 0.2) is 72.8 Å². The van der Waals surface area contributed by atoms with Gasteiger partial charge in [-0.15, -0.1) is 0 Å². The standard InChI is InChI=1S/C32H41N3O6S/c1-6-19-33-28-21-26(16-17-27(28)30(37)34-42(5,39)40)24-14-12-23(13-15-24)18-20-35(31(38)41-32(2,3)4)22-29(36)25-10-8-7-9-11-25/h7-17,21,29,33,36H,6,18-20,22H2,1-5H3,(H,34,37)/t29-/m0/s1. The van der Waals surface area contributed by atoms with Gasteiger partial charge in [-0.25, -0.2) is 17.9 Å². The quantitative estimate of drug-likeness (QED) is 0.257. The van der Waals surface area contributed by atoms with E-state index in [1.807, 2.05) is 93.1 Å². The highest BCUT2D eigenvalue weighted by molar-refractivity contribution is 7.89. The Hall–Kier alpha value is -3.89. The van der Waals surface area contributed by atoms with E-state index in [4.69, 9.17) is 4.74 Å². The lowest BCUT2D eigenvalue weighted by Gasteiger charge is -2.29. The van der Waals surface area contributed by atoms with Gasteiger partial charge in [0.05, 0.1) is 24.5 Å². The number of nitrogens with one attached hydrogen (secondary N) is 2. The molecule has 0 heterocycles. The van der Waals surface area contributed by atoms with E-state index in [1.54, 1.807) is 12.1 Å². The number of amides is 2. The number of ether oxygens (including phenoxy) is 1. The van der Waals surface area contributed by atoms with Crippen molar-refractivity contribution in [2.75, 3.05) is 31.2 Å². The summed E-state index contributed by atoms with van der Waals surface area (Å²) in [5.74, 6) is -0.690. The second-order valence-corrected chi connectivity index (χ2v) is 12.9. The van der Waals surface area contributed by atoms with Gasteiger partial charge >= 0.3 is 6.09 Å². The molecule has 42 heavy (non-hydrogen) atoms. The number of aliphatic hydroxyl groups is 1. The van der Waals surface area contributed by atoms with Gasteiger partial charge in [-0.3, -0.25) is 4.79 Å². The Bertz CT molecular complexity index is 1450. The number of anilines is 1. The molecule has 0 aliphatic rings. The van der Waals surface area contributed by atoms with Crippen LogP contribution in [-0.2, 0) is 21.2 Å². The highest BCUT2D eigenvalue weighted by Gasteiger charge is 2.24. The Morgan fingerprint density at radius 2 is 1.62 bits per heavy atom. The summed E-state index contributed by atoms with van der Waals surface area (Å²) in [6.45, 7) is 8.50. The lowest BCUT2D eigenvalue weighted by atomic mass is 10.00. The molecule has 3 N–H and O–H groups in total. The molecule has 2 amide bonds. The fourth-order valence-corrected chi connectivity index (χ4v) is 4.70. The fourth-order valence-electron chi connectivity index (χ4n) is 4.25. The molecule has 0 aliphatic heterocycles. The largest absolute Gasteiger partial charge is 0.444 e. The zero-order valence-electron chi connectivity index (χ0n) is 24.9. The molecule has 0 fully saturated rings. The molecular formula is C32H41N3O6S. The molecule has 0 saturated heterocycles. The number of nitrogens with zero attached hydrogens (tertiary/aromatic N) is 1. The van der Waals surface area contributed by atoms with Crippen LogP contribution in [0.2, 0.25) is 0 Å². The van der Waals surface area contributed by atoms with Gasteiger partial charge < -0.3 is 20.1 Å². The Morgan fingerprint density at radius 3 is 2.21 bits per heavy atom. The van der Waals surface area contributed by atoms with Crippen molar-refractivity contribution in [2.45, 2.75) is 52.2 Å². The smallest absolute Gasteiger partial charge is 0.410 e. The summed E-state index contributed by atoms with van der Waals surface area (Å²) in [6.07, 6.45) is 0.988. The maximum Gasteiger partial charge on any atom is 0.410 e. The van der Waals surface area contributed by atoms with E-state index >= 15 is 0 Å². The van der Waals surface area contributed by atoms with Crippen LogP contribution in [0.4, 0.5) is 10.5 Å². The summed E-state index contributed by atoms with van der Waals surface area (Å²) in [7, 11) is -3.70.